The molecule has 0 radical (unpaired) electrons. The van der Waals surface area contributed by atoms with E-state index in [2.05, 4.69) is 26.2 Å². The molecule has 1 aliphatic rings. The van der Waals surface area contributed by atoms with Crippen molar-refractivity contribution < 1.29 is 62.1 Å². The van der Waals surface area contributed by atoms with Crippen molar-refractivity contribution in [1.29, 1.82) is 0 Å². The van der Waals surface area contributed by atoms with Crippen molar-refractivity contribution >= 4 is 75.8 Å². The van der Waals surface area contributed by atoms with Gasteiger partial charge in [0.25, 0.3) is 0 Å². The summed E-state index contributed by atoms with van der Waals surface area (Å²) in [5.41, 5.74) is 0. The average molecular weight is 1360 g/mol. The van der Waals surface area contributed by atoms with Gasteiger partial charge in [-0.2, -0.15) is 0 Å². The van der Waals surface area contributed by atoms with Crippen molar-refractivity contribution in [2.75, 3.05) is 80.5 Å². The molecule has 95 heavy (non-hydrogen) atoms. The number of rotatable bonds is 22. The quantitative estimate of drug-likeness (QED) is 0.0966. The van der Waals surface area contributed by atoms with Gasteiger partial charge in [-0.05, 0) is 114 Å². The smallest absolute Gasteiger partial charge is 0.246 e. The first kappa shape index (κ1) is 87.0. The SMILES string of the molecule is CC=CC[C@@H](C)[C@@H](O)[C@@H]1C(=O)N[C@H](CC)C(=O)N(C)[C@H](CS(=O)CCN(CC)CC)C(=O)N(C)[C@@H](CC(C)C)C(=O)N[C@H](C(C)C)C(=O)N(C)[C@H](CC(C)C)C(=O)N[C@H](C)C(=O)N[C@@H](C)C(=O)N(C)[C@H](CC(C)C)C(=O)N(C)[C@H](CC(C)C)C(=O)N(C)[C@H](C(C)C)C(=O)N1C. The van der Waals surface area contributed by atoms with E-state index in [0.29, 0.717) is 19.6 Å². The molecule has 0 saturated carbocycles. The number of nitrogens with zero attached hydrogens (tertiary/aromatic N) is 8. The number of likely N-dealkylation sites (N-methyl/N-ethyl adjacent to an activating group) is 7. The maximum absolute atomic E-state index is 15.4. The zero-order chi connectivity index (χ0) is 73.5. The highest BCUT2D eigenvalue weighted by molar-refractivity contribution is 7.85. The molecular weight excluding hydrogens is 1240 g/mol. The molecule has 0 bridgehead atoms. The van der Waals surface area contributed by atoms with Gasteiger partial charge in [0.05, 0.1) is 11.9 Å². The van der Waals surface area contributed by atoms with Crippen LogP contribution in [-0.4, -0.2) is 267 Å². The summed E-state index contributed by atoms with van der Waals surface area (Å²) < 4.78 is 14.3. The number of carbonyl (C=O) groups is 11. The highest BCUT2D eigenvalue weighted by atomic mass is 32.2. The third kappa shape index (κ3) is 25.1. The number of amides is 11. The zero-order valence-corrected chi connectivity index (χ0v) is 63.6. The Hall–Kier alpha value is -6.02. The molecule has 0 aromatic heterocycles. The van der Waals surface area contributed by atoms with Gasteiger partial charge in [0.1, 0.15) is 66.5 Å². The highest BCUT2D eigenvalue weighted by Crippen LogP contribution is 2.26. The van der Waals surface area contributed by atoms with E-state index in [9.17, 15) is 33.3 Å². The summed E-state index contributed by atoms with van der Waals surface area (Å²) in [7, 11) is 8.09. The molecule has 0 spiro atoms. The Morgan fingerprint density at radius 2 is 0.863 bits per heavy atom. The van der Waals surface area contributed by atoms with E-state index in [1.807, 2.05) is 69.2 Å². The topological polar surface area (TPSA) is 299 Å². The Bertz CT molecular complexity index is 2620. The van der Waals surface area contributed by atoms with E-state index in [1.165, 1.54) is 87.7 Å². The number of aliphatic hydroxyl groups is 1. The number of nitrogens with one attached hydrogen (secondary N) is 4. The normalized spacial score (nSPS) is 26.5. The standard InChI is InChI=1S/C69H126N12O13S/c1-27-31-32-46(17)58(82)57-62(86)72-49(28-2)64(88)78(24)54(39-95(94)34-33-81(29-3)30-4)67(91)74(20)51(36-41(7)8)61(85)73-55(44(13)14)68(92)75(21)50(35-40(5)6)60(84)70-47(18)59(83)71-48(19)63(87)76(22)52(37-42(9)10)65(89)77(23)53(38-43(11)12)66(90)79(25)56(45(15)16)69(93)80(57)26/h27,31,40-58,82H,28-30,32-39H2,1-26H3,(H,70,84)(H,71,83)(H,72,86)(H,73,85)/t46-,47-,48+,49-,50-,51+,52-,53-,54-,55-,56-,57-,58-,95?/m1/s1. The van der Waals surface area contributed by atoms with Crippen molar-refractivity contribution in [3.05, 3.63) is 12.2 Å². The second-order valence-corrected chi connectivity index (χ2v) is 30.3. The van der Waals surface area contributed by atoms with Crippen molar-refractivity contribution in [2.24, 2.45) is 41.4 Å². The third-order valence-electron chi connectivity index (χ3n) is 18.3. The highest BCUT2D eigenvalue weighted by Gasteiger charge is 2.47. The molecule has 25 nitrogen and oxygen atoms in total. The number of aliphatic hydroxyl groups excluding tert-OH is 1. The predicted octanol–water partition coefficient (Wildman–Crippen LogP) is 3.73. The Balaban J connectivity index is 4.60. The molecule has 546 valence electrons. The van der Waals surface area contributed by atoms with E-state index in [-0.39, 0.29) is 73.7 Å². The molecule has 1 unspecified atom stereocenters. The minimum atomic E-state index is -1.74. The maximum Gasteiger partial charge on any atom is 0.246 e. The van der Waals surface area contributed by atoms with Gasteiger partial charge in [0.15, 0.2) is 0 Å². The van der Waals surface area contributed by atoms with Crippen LogP contribution >= 0.6 is 0 Å². The molecule has 26 heteroatoms. The molecule has 1 aliphatic heterocycles. The molecule has 1 rings (SSSR count). The van der Waals surface area contributed by atoms with Crippen LogP contribution in [0.3, 0.4) is 0 Å². The Morgan fingerprint density at radius 1 is 0.463 bits per heavy atom. The number of hydrogen-bond donors (Lipinski definition) is 5. The fourth-order valence-electron chi connectivity index (χ4n) is 12.0. The van der Waals surface area contributed by atoms with Crippen LogP contribution in [0.2, 0.25) is 0 Å². The van der Waals surface area contributed by atoms with Crippen LogP contribution in [0.1, 0.15) is 170 Å². The van der Waals surface area contributed by atoms with Crippen molar-refractivity contribution in [3.8, 4) is 0 Å². The molecule has 1 saturated heterocycles. The molecule has 14 atom stereocenters. The third-order valence-corrected chi connectivity index (χ3v) is 19.6. The van der Waals surface area contributed by atoms with Crippen molar-refractivity contribution in [1.82, 2.24) is 60.5 Å². The summed E-state index contributed by atoms with van der Waals surface area (Å²) in [6.45, 7) is 35.4. The monoisotopic (exact) mass is 1360 g/mol. The van der Waals surface area contributed by atoms with Gasteiger partial charge in [0.2, 0.25) is 65.0 Å². The van der Waals surface area contributed by atoms with Crippen LogP contribution in [0.5, 0.6) is 0 Å². The van der Waals surface area contributed by atoms with Crippen LogP contribution in [-0.2, 0) is 63.5 Å². The van der Waals surface area contributed by atoms with Gasteiger partial charge in [-0.1, -0.05) is 123 Å². The summed E-state index contributed by atoms with van der Waals surface area (Å²) in [4.78, 5) is 175. The van der Waals surface area contributed by atoms with E-state index >= 15 is 28.8 Å². The molecule has 1 fully saturated rings. The van der Waals surface area contributed by atoms with Gasteiger partial charge in [-0.15, -0.1) is 0 Å². The fourth-order valence-corrected chi connectivity index (χ4v) is 13.4. The van der Waals surface area contributed by atoms with E-state index < -0.39 is 166 Å². The Morgan fingerprint density at radius 3 is 1.31 bits per heavy atom. The van der Waals surface area contributed by atoms with Gasteiger partial charge in [0, 0.05) is 72.4 Å². The lowest BCUT2D eigenvalue weighted by Crippen LogP contribution is -2.64. The molecule has 5 N–H and O–H groups in total. The lowest BCUT2D eigenvalue weighted by atomic mass is 9.91. The second kappa shape index (κ2) is 40.6. The van der Waals surface area contributed by atoms with E-state index in [1.54, 1.807) is 60.6 Å². The predicted molar refractivity (Wildman–Crippen MR) is 373 cm³/mol. The van der Waals surface area contributed by atoms with Crippen molar-refractivity contribution in [2.45, 2.75) is 243 Å². The average Bonchev–Trinajstić information content (AvgIpc) is 0.881. The summed E-state index contributed by atoms with van der Waals surface area (Å²) in [5.74, 6) is -10.7. The Labute approximate surface area is 572 Å². The second-order valence-electron chi connectivity index (χ2n) is 28.6. The molecule has 0 aromatic rings. The summed E-state index contributed by atoms with van der Waals surface area (Å²) in [6.07, 6.45) is 2.70. The van der Waals surface area contributed by atoms with Gasteiger partial charge in [-0.3, -0.25) is 56.9 Å². The zero-order valence-electron chi connectivity index (χ0n) is 62.7. The molecule has 11 amide bonds. The van der Waals surface area contributed by atoms with Gasteiger partial charge >= 0.3 is 0 Å². The first-order valence-electron chi connectivity index (χ1n) is 34.5. The Kier molecular flexibility index (Phi) is 37.2. The summed E-state index contributed by atoms with van der Waals surface area (Å²) in [5, 5.41) is 23.4. The maximum atomic E-state index is 15.4. The lowest BCUT2D eigenvalue weighted by Gasteiger charge is -2.41. The van der Waals surface area contributed by atoms with Crippen LogP contribution in [0, 0.1) is 41.4 Å². The molecule has 0 aliphatic carbocycles. The first-order chi connectivity index (χ1) is 44.0. The van der Waals surface area contributed by atoms with Crippen molar-refractivity contribution in [3.63, 3.8) is 0 Å². The van der Waals surface area contributed by atoms with Gasteiger partial charge < -0.3 is 65.6 Å². The van der Waals surface area contributed by atoms with Crippen LogP contribution in [0.4, 0.5) is 0 Å². The number of carbonyl (C=O) groups excluding carboxylic acids is 11. The lowest BCUT2D eigenvalue weighted by molar-refractivity contribution is -0.157. The van der Waals surface area contributed by atoms with Crippen LogP contribution in [0.25, 0.3) is 0 Å². The van der Waals surface area contributed by atoms with Crippen LogP contribution in [0.15, 0.2) is 12.2 Å². The minimum Gasteiger partial charge on any atom is -0.390 e. The molecule has 1 heterocycles. The van der Waals surface area contributed by atoms with Gasteiger partial charge in [-0.25, -0.2) is 0 Å². The largest absolute Gasteiger partial charge is 0.390 e. The van der Waals surface area contributed by atoms with E-state index in [0.717, 1.165) is 9.80 Å². The first-order valence-corrected chi connectivity index (χ1v) is 35.9. The fraction of sp³-hybridized carbons (Fsp3) is 0.812. The molecule has 0 aromatic carbocycles. The number of hydrogen-bond acceptors (Lipinski definition) is 14. The van der Waals surface area contributed by atoms with Crippen LogP contribution < -0.4 is 21.3 Å². The summed E-state index contributed by atoms with van der Waals surface area (Å²) >= 11 is 0. The molecular formula is C69H126N12O13S. The summed E-state index contributed by atoms with van der Waals surface area (Å²) in [6, 6.07) is -14.4. The minimum absolute atomic E-state index is 0.0627. The number of allylic oxidation sites excluding steroid dienone is 2. The van der Waals surface area contributed by atoms with E-state index in [4.69, 9.17) is 0 Å².